The van der Waals surface area contributed by atoms with Crippen molar-refractivity contribution < 1.29 is 4.74 Å². The number of guanidine groups is 1. The topological polar surface area (TPSA) is 63.5 Å². The van der Waals surface area contributed by atoms with Gasteiger partial charge in [-0.3, -0.25) is 4.68 Å². The quantitative estimate of drug-likeness (QED) is 0.605. The van der Waals surface area contributed by atoms with E-state index < -0.39 is 0 Å². The normalized spacial score (nSPS) is 11.4. The van der Waals surface area contributed by atoms with Crippen LogP contribution in [0.5, 0.6) is 5.75 Å². The molecule has 0 saturated carbocycles. The molecule has 0 radical (unpaired) electrons. The largest absolute Gasteiger partial charge is 0.494 e. The maximum absolute atomic E-state index is 5.72. The van der Waals surface area contributed by atoms with Gasteiger partial charge in [-0.25, -0.2) is 4.99 Å². The van der Waals surface area contributed by atoms with E-state index in [1.165, 1.54) is 5.56 Å². The van der Waals surface area contributed by atoms with Crippen LogP contribution >= 0.6 is 0 Å². The van der Waals surface area contributed by atoms with Crippen LogP contribution in [0.25, 0.3) is 0 Å². The number of nitrogens with zero attached hydrogens (tertiary/aromatic N) is 3. The van der Waals surface area contributed by atoms with E-state index in [0.29, 0.717) is 19.7 Å². The molecule has 130 valence electrons. The van der Waals surface area contributed by atoms with Crippen molar-refractivity contribution in [3.8, 4) is 5.75 Å². The Morgan fingerprint density at radius 1 is 1.25 bits per heavy atom. The zero-order valence-electron chi connectivity index (χ0n) is 15.0. The van der Waals surface area contributed by atoms with Gasteiger partial charge in [-0.15, -0.1) is 0 Å². The van der Waals surface area contributed by atoms with Gasteiger partial charge in [0.1, 0.15) is 5.75 Å². The third-order valence-corrected chi connectivity index (χ3v) is 3.63. The van der Waals surface area contributed by atoms with Crippen LogP contribution in [0, 0.1) is 6.92 Å². The molecule has 6 heteroatoms. The number of hydrogen-bond acceptors (Lipinski definition) is 3. The van der Waals surface area contributed by atoms with Crippen molar-refractivity contribution in [2.24, 2.45) is 12.0 Å². The molecule has 0 spiro atoms. The summed E-state index contributed by atoms with van der Waals surface area (Å²) >= 11 is 0. The lowest BCUT2D eigenvalue weighted by molar-refractivity contribution is 0.336. The molecule has 0 unspecified atom stereocenters. The van der Waals surface area contributed by atoms with Crippen LogP contribution in [0.3, 0.4) is 0 Å². The molecule has 0 fully saturated rings. The highest BCUT2D eigenvalue weighted by atomic mass is 16.5. The van der Waals surface area contributed by atoms with Gasteiger partial charge in [0.05, 0.1) is 25.4 Å². The van der Waals surface area contributed by atoms with E-state index in [0.717, 1.165) is 29.5 Å². The fourth-order valence-electron chi connectivity index (χ4n) is 2.34. The van der Waals surface area contributed by atoms with Crippen LogP contribution in [-0.2, 0) is 20.1 Å². The van der Waals surface area contributed by atoms with Gasteiger partial charge < -0.3 is 15.4 Å². The Morgan fingerprint density at radius 3 is 2.75 bits per heavy atom. The number of aromatic nitrogens is 2. The predicted molar refractivity (Wildman–Crippen MR) is 97.2 cm³/mol. The monoisotopic (exact) mass is 329 g/mol. The molecule has 2 aromatic rings. The van der Waals surface area contributed by atoms with Crippen LogP contribution < -0.4 is 15.4 Å². The average Bonchev–Trinajstić information content (AvgIpc) is 2.97. The Bertz CT molecular complexity index is 678. The number of rotatable bonds is 7. The zero-order chi connectivity index (χ0) is 17.4. The summed E-state index contributed by atoms with van der Waals surface area (Å²) in [5.41, 5.74) is 3.37. The Labute approximate surface area is 143 Å². The highest BCUT2D eigenvalue weighted by Crippen LogP contribution is 2.21. The lowest BCUT2D eigenvalue weighted by Crippen LogP contribution is -2.37. The fraction of sp³-hybridized carbons (Fsp3) is 0.444. The van der Waals surface area contributed by atoms with Crippen molar-refractivity contribution in [2.45, 2.75) is 33.9 Å². The molecular formula is C18H27N5O. The number of ether oxygens (including phenoxy) is 1. The molecule has 0 atom stereocenters. The van der Waals surface area contributed by atoms with Crippen LogP contribution in [0.1, 0.15) is 30.7 Å². The van der Waals surface area contributed by atoms with Crippen molar-refractivity contribution in [3.63, 3.8) is 0 Å². The molecule has 24 heavy (non-hydrogen) atoms. The molecule has 0 aliphatic heterocycles. The summed E-state index contributed by atoms with van der Waals surface area (Å²) in [6.07, 6.45) is 1.79. The summed E-state index contributed by atoms with van der Waals surface area (Å²) in [5, 5.41) is 10.8. The smallest absolute Gasteiger partial charge is 0.191 e. The molecule has 0 aliphatic rings. The first-order valence-corrected chi connectivity index (χ1v) is 8.35. The van der Waals surface area contributed by atoms with Gasteiger partial charge in [-0.1, -0.05) is 12.1 Å². The summed E-state index contributed by atoms with van der Waals surface area (Å²) < 4.78 is 7.57. The second kappa shape index (κ2) is 8.96. The van der Waals surface area contributed by atoms with E-state index in [1.807, 2.05) is 24.7 Å². The lowest BCUT2D eigenvalue weighted by atomic mass is 10.1. The first-order valence-electron chi connectivity index (χ1n) is 8.35. The van der Waals surface area contributed by atoms with Crippen molar-refractivity contribution >= 4 is 5.96 Å². The Morgan fingerprint density at radius 2 is 2.08 bits per heavy atom. The van der Waals surface area contributed by atoms with Gasteiger partial charge in [-0.05, 0) is 38.5 Å². The minimum absolute atomic E-state index is 0.566. The number of benzene rings is 1. The van der Waals surface area contributed by atoms with Gasteiger partial charge in [0.15, 0.2) is 5.96 Å². The molecule has 1 aromatic heterocycles. The molecule has 1 heterocycles. The number of aliphatic imine (C=N–C) groups is 1. The number of hydrogen-bond donors (Lipinski definition) is 2. The Balaban J connectivity index is 2.06. The molecule has 0 bridgehead atoms. The first kappa shape index (κ1) is 17.8. The summed E-state index contributed by atoms with van der Waals surface area (Å²) in [5.74, 6) is 1.69. The van der Waals surface area contributed by atoms with Gasteiger partial charge in [0, 0.05) is 25.4 Å². The molecular weight excluding hydrogens is 302 g/mol. The summed E-state index contributed by atoms with van der Waals surface area (Å²) in [6, 6.07) is 8.21. The lowest BCUT2D eigenvalue weighted by Gasteiger charge is -2.13. The molecule has 2 N–H and O–H groups in total. The van der Waals surface area contributed by atoms with Crippen molar-refractivity contribution in [1.29, 1.82) is 0 Å². The summed E-state index contributed by atoms with van der Waals surface area (Å²) in [6.45, 7) is 8.82. The molecule has 0 aliphatic carbocycles. The van der Waals surface area contributed by atoms with E-state index in [2.05, 4.69) is 52.8 Å². The van der Waals surface area contributed by atoms with Gasteiger partial charge in [-0.2, -0.15) is 5.10 Å². The van der Waals surface area contributed by atoms with E-state index in [9.17, 15) is 0 Å². The van der Waals surface area contributed by atoms with E-state index in [-0.39, 0.29) is 0 Å². The standard InChI is InChI=1S/C18H27N5O/c1-5-19-18(21-13-16-9-10-22-23(16)4)20-12-15-8-7-14(3)11-17(15)24-6-2/h7-11H,5-6,12-13H2,1-4H3,(H2,19,20,21). The fourth-order valence-corrected chi connectivity index (χ4v) is 2.34. The van der Waals surface area contributed by atoms with Gasteiger partial charge in [0.2, 0.25) is 0 Å². The SMILES string of the molecule is CCNC(=NCc1ccc(C)cc1OCC)NCc1ccnn1C. The van der Waals surface area contributed by atoms with E-state index >= 15 is 0 Å². The third kappa shape index (κ3) is 5.01. The molecule has 2 rings (SSSR count). The highest BCUT2D eigenvalue weighted by Gasteiger charge is 2.05. The molecule has 0 amide bonds. The van der Waals surface area contributed by atoms with Crippen LogP contribution in [0.2, 0.25) is 0 Å². The summed E-state index contributed by atoms with van der Waals surface area (Å²) in [7, 11) is 1.93. The van der Waals surface area contributed by atoms with Gasteiger partial charge >= 0.3 is 0 Å². The van der Waals surface area contributed by atoms with Crippen LogP contribution in [-0.4, -0.2) is 28.9 Å². The minimum atomic E-state index is 0.566. The minimum Gasteiger partial charge on any atom is -0.494 e. The maximum Gasteiger partial charge on any atom is 0.191 e. The number of nitrogens with one attached hydrogen (secondary N) is 2. The highest BCUT2D eigenvalue weighted by molar-refractivity contribution is 5.79. The molecule has 1 aromatic carbocycles. The number of aryl methyl sites for hydroxylation is 2. The molecule has 0 saturated heterocycles. The van der Waals surface area contributed by atoms with Crippen LogP contribution in [0.15, 0.2) is 35.5 Å². The second-order valence-electron chi connectivity index (χ2n) is 5.54. The van der Waals surface area contributed by atoms with Crippen molar-refractivity contribution in [3.05, 3.63) is 47.3 Å². The van der Waals surface area contributed by atoms with Gasteiger partial charge in [0.25, 0.3) is 0 Å². The molecule has 6 nitrogen and oxygen atoms in total. The predicted octanol–water partition coefficient (Wildman–Crippen LogP) is 2.38. The second-order valence-corrected chi connectivity index (χ2v) is 5.54. The maximum atomic E-state index is 5.72. The zero-order valence-corrected chi connectivity index (χ0v) is 15.0. The Hall–Kier alpha value is -2.50. The average molecular weight is 329 g/mol. The van der Waals surface area contributed by atoms with Crippen molar-refractivity contribution in [2.75, 3.05) is 13.2 Å². The van der Waals surface area contributed by atoms with Crippen molar-refractivity contribution in [1.82, 2.24) is 20.4 Å². The van der Waals surface area contributed by atoms with E-state index in [1.54, 1.807) is 6.20 Å². The van der Waals surface area contributed by atoms with E-state index in [4.69, 9.17) is 4.74 Å². The first-order chi connectivity index (χ1) is 11.6. The third-order valence-electron chi connectivity index (χ3n) is 3.63. The summed E-state index contributed by atoms with van der Waals surface area (Å²) in [4.78, 5) is 4.67. The Kier molecular flexibility index (Phi) is 6.66. The van der Waals surface area contributed by atoms with Crippen LogP contribution in [0.4, 0.5) is 0 Å².